The maximum absolute atomic E-state index is 9.18. The third-order valence-electron chi connectivity index (χ3n) is 0.712. The van der Waals surface area contributed by atoms with Crippen LogP contribution in [-0.4, -0.2) is 23.0 Å². The summed E-state index contributed by atoms with van der Waals surface area (Å²) < 4.78 is 4.15. The third-order valence-corrected chi connectivity index (χ3v) is 0.712. The van der Waals surface area contributed by atoms with Crippen molar-refractivity contribution in [3.8, 4) is 0 Å². The third kappa shape index (κ3) is 18.2. The summed E-state index contributed by atoms with van der Waals surface area (Å²) in [6.45, 7) is 2.66. The van der Waals surface area contributed by atoms with Crippen molar-refractivity contribution in [1.82, 2.24) is 9.97 Å². The average molecular weight is 227 g/mol. The van der Waals surface area contributed by atoms with E-state index < -0.39 is 0 Å². The molecular weight excluding hydrogens is 215 g/mol. The molecule has 0 aliphatic heterocycles. The van der Waals surface area contributed by atoms with Crippen molar-refractivity contribution in [2.24, 2.45) is 0 Å². The topological polar surface area (TPSA) is 52.1 Å². The SMILES string of the molecule is CCOC=O.Cl.Cl.c1cnccn1. The normalized spacial score (nSPS) is 6.23. The highest BCUT2D eigenvalue weighted by molar-refractivity contribution is 5.85. The van der Waals surface area contributed by atoms with E-state index in [0.29, 0.717) is 13.1 Å². The zero-order chi connectivity index (χ0) is 8.36. The summed E-state index contributed by atoms with van der Waals surface area (Å²) >= 11 is 0. The predicted molar refractivity (Wildman–Crippen MR) is 54.2 cm³/mol. The van der Waals surface area contributed by atoms with Crippen LogP contribution in [0.5, 0.6) is 0 Å². The van der Waals surface area contributed by atoms with Gasteiger partial charge in [-0.25, -0.2) is 0 Å². The van der Waals surface area contributed by atoms with Crippen LogP contribution < -0.4 is 0 Å². The first-order valence-electron chi connectivity index (χ1n) is 3.17. The summed E-state index contributed by atoms with van der Waals surface area (Å²) in [6.07, 6.45) is 6.56. The predicted octanol–water partition coefficient (Wildman–Crippen LogP) is 1.50. The zero-order valence-corrected chi connectivity index (χ0v) is 8.75. The van der Waals surface area contributed by atoms with E-state index in [4.69, 9.17) is 0 Å². The minimum atomic E-state index is 0. The van der Waals surface area contributed by atoms with Crippen LogP contribution in [0.15, 0.2) is 24.8 Å². The lowest BCUT2D eigenvalue weighted by atomic mass is 10.8. The smallest absolute Gasteiger partial charge is 0.293 e. The lowest BCUT2D eigenvalue weighted by Gasteiger charge is -1.79. The number of carbonyl (C=O) groups is 1. The molecule has 1 heterocycles. The van der Waals surface area contributed by atoms with Crippen molar-refractivity contribution in [2.45, 2.75) is 6.92 Å². The molecule has 4 nitrogen and oxygen atoms in total. The Balaban J connectivity index is -0.000000136. The molecule has 0 aliphatic carbocycles. The molecule has 0 saturated heterocycles. The Morgan fingerprint density at radius 3 is 1.62 bits per heavy atom. The number of halogens is 2. The lowest BCUT2D eigenvalue weighted by molar-refractivity contribution is -0.128. The minimum Gasteiger partial charge on any atom is -0.468 e. The van der Waals surface area contributed by atoms with Gasteiger partial charge >= 0.3 is 0 Å². The molecule has 0 spiro atoms. The van der Waals surface area contributed by atoms with Gasteiger partial charge in [0, 0.05) is 24.8 Å². The monoisotopic (exact) mass is 226 g/mol. The van der Waals surface area contributed by atoms with E-state index in [2.05, 4.69) is 14.7 Å². The van der Waals surface area contributed by atoms with Gasteiger partial charge in [0.05, 0.1) is 6.61 Å². The highest BCUT2D eigenvalue weighted by Crippen LogP contribution is 1.65. The summed E-state index contributed by atoms with van der Waals surface area (Å²) in [5.74, 6) is 0. The van der Waals surface area contributed by atoms with Crippen LogP contribution >= 0.6 is 24.8 Å². The molecule has 13 heavy (non-hydrogen) atoms. The fourth-order valence-electron chi connectivity index (χ4n) is 0.321. The van der Waals surface area contributed by atoms with Crippen LogP contribution in [0.3, 0.4) is 0 Å². The zero-order valence-electron chi connectivity index (χ0n) is 7.12. The molecule has 0 unspecified atom stereocenters. The lowest BCUT2D eigenvalue weighted by Crippen LogP contribution is -1.80. The van der Waals surface area contributed by atoms with Crippen molar-refractivity contribution >= 4 is 31.3 Å². The van der Waals surface area contributed by atoms with E-state index in [9.17, 15) is 4.79 Å². The number of carbonyl (C=O) groups excluding carboxylic acids is 1. The Kier molecular flexibility index (Phi) is 24.0. The number of nitrogens with zero attached hydrogens (tertiary/aromatic N) is 2. The van der Waals surface area contributed by atoms with Crippen molar-refractivity contribution in [3.05, 3.63) is 24.8 Å². The number of hydrogen-bond acceptors (Lipinski definition) is 4. The van der Waals surface area contributed by atoms with E-state index in [1.165, 1.54) is 0 Å². The first-order chi connectivity index (χ1) is 5.41. The Labute approximate surface area is 89.6 Å². The molecule has 0 amide bonds. The summed E-state index contributed by atoms with van der Waals surface area (Å²) in [5.41, 5.74) is 0. The Bertz CT molecular complexity index is 149. The molecule has 6 heteroatoms. The summed E-state index contributed by atoms with van der Waals surface area (Å²) in [7, 11) is 0. The van der Waals surface area contributed by atoms with Gasteiger partial charge in [-0.05, 0) is 6.92 Å². The van der Waals surface area contributed by atoms with Crippen molar-refractivity contribution in [2.75, 3.05) is 6.61 Å². The fourth-order valence-corrected chi connectivity index (χ4v) is 0.321. The first-order valence-corrected chi connectivity index (χ1v) is 3.17. The van der Waals surface area contributed by atoms with Crippen molar-refractivity contribution < 1.29 is 9.53 Å². The van der Waals surface area contributed by atoms with Gasteiger partial charge in [0.15, 0.2) is 0 Å². The van der Waals surface area contributed by atoms with Gasteiger partial charge in [0.2, 0.25) is 0 Å². The first kappa shape index (κ1) is 18.0. The van der Waals surface area contributed by atoms with Crippen molar-refractivity contribution in [3.63, 3.8) is 0 Å². The maximum atomic E-state index is 9.18. The van der Waals surface area contributed by atoms with E-state index in [1.54, 1.807) is 31.7 Å². The molecule has 1 aromatic heterocycles. The van der Waals surface area contributed by atoms with Crippen LogP contribution in [0.2, 0.25) is 0 Å². The second-order valence-corrected chi connectivity index (χ2v) is 1.45. The quantitative estimate of drug-likeness (QED) is 0.718. The molecule has 0 bridgehead atoms. The maximum Gasteiger partial charge on any atom is 0.293 e. The summed E-state index contributed by atoms with van der Waals surface area (Å²) in [4.78, 5) is 16.6. The van der Waals surface area contributed by atoms with Gasteiger partial charge in [-0.1, -0.05) is 0 Å². The minimum absolute atomic E-state index is 0. The second kappa shape index (κ2) is 17.3. The van der Waals surface area contributed by atoms with Gasteiger partial charge in [0.1, 0.15) is 0 Å². The van der Waals surface area contributed by atoms with E-state index in [0.717, 1.165) is 0 Å². The molecule has 0 aromatic carbocycles. The van der Waals surface area contributed by atoms with E-state index in [1.807, 2.05) is 0 Å². The highest BCUT2D eigenvalue weighted by Gasteiger charge is 1.61. The summed E-state index contributed by atoms with van der Waals surface area (Å²) in [6, 6.07) is 0. The molecule has 0 aliphatic rings. The molecular formula is C7H12Cl2N2O2. The van der Waals surface area contributed by atoms with Gasteiger partial charge in [0.25, 0.3) is 6.47 Å². The molecule has 0 N–H and O–H groups in total. The van der Waals surface area contributed by atoms with Crippen LogP contribution in [-0.2, 0) is 9.53 Å². The molecule has 0 fully saturated rings. The molecule has 0 saturated carbocycles. The van der Waals surface area contributed by atoms with Crippen molar-refractivity contribution in [1.29, 1.82) is 0 Å². The molecule has 1 rings (SSSR count). The van der Waals surface area contributed by atoms with Crippen LogP contribution in [0.4, 0.5) is 0 Å². The van der Waals surface area contributed by atoms with Crippen LogP contribution in [0, 0.1) is 0 Å². The van der Waals surface area contributed by atoms with Gasteiger partial charge in [-0.15, -0.1) is 24.8 Å². The Hall–Kier alpha value is -0.870. The molecule has 0 radical (unpaired) electrons. The Morgan fingerprint density at radius 1 is 1.15 bits per heavy atom. The molecule has 0 atom stereocenters. The standard InChI is InChI=1S/C4H4N2.C3H6O2.2ClH/c1-2-6-4-3-5-1;1-2-5-3-4;;/h1-4H;3H,2H2,1H3;2*1H. The number of hydrogen-bond donors (Lipinski definition) is 0. The highest BCUT2D eigenvalue weighted by atomic mass is 35.5. The van der Waals surface area contributed by atoms with Gasteiger partial charge in [-0.3, -0.25) is 14.8 Å². The fraction of sp³-hybridized carbons (Fsp3) is 0.286. The number of aromatic nitrogens is 2. The number of ether oxygens (including phenoxy) is 1. The average Bonchev–Trinajstić information content (AvgIpc) is 2.10. The largest absolute Gasteiger partial charge is 0.468 e. The van der Waals surface area contributed by atoms with E-state index in [-0.39, 0.29) is 24.8 Å². The number of rotatable bonds is 2. The summed E-state index contributed by atoms with van der Waals surface area (Å²) in [5, 5.41) is 0. The van der Waals surface area contributed by atoms with Gasteiger partial charge < -0.3 is 4.74 Å². The van der Waals surface area contributed by atoms with Crippen LogP contribution in [0.1, 0.15) is 6.92 Å². The molecule has 76 valence electrons. The van der Waals surface area contributed by atoms with Crippen LogP contribution in [0.25, 0.3) is 0 Å². The van der Waals surface area contributed by atoms with E-state index >= 15 is 0 Å². The van der Waals surface area contributed by atoms with Gasteiger partial charge in [-0.2, -0.15) is 0 Å². The molecule has 1 aromatic rings. The second-order valence-electron chi connectivity index (χ2n) is 1.45. The Morgan fingerprint density at radius 2 is 1.54 bits per heavy atom.